The third-order valence-corrected chi connectivity index (χ3v) is 0.568. The minimum Gasteiger partial charge on any atom is -0.160 e. The van der Waals surface area contributed by atoms with E-state index in [1.54, 1.807) is 6.21 Å². The van der Waals surface area contributed by atoms with Crippen LogP contribution >= 0.6 is 0 Å². The topological polar surface area (TPSA) is 37.1 Å². The average molecular weight is 83.1 g/mol. The highest BCUT2D eigenvalue weighted by atomic mass is 15.4. The highest BCUT2D eigenvalue weighted by Crippen LogP contribution is 1.93. The molecule has 0 spiro atoms. The van der Waals surface area contributed by atoms with Gasteiger partial charge in [-0.1, -0.05) is 0 Å². The van der Waals surface area contributed by atoms with Gasteiger partial charge in [0.1, 0.15) is 6.04 Å². The summed E-state index contributed by atoms with van der Waals surface area (Å²) in [6.07, 6.45) is 1.69. The predicted molar refractivity (Wildman–Crippen MR) is 22.8 cm³/mol. The first-order chi connectivity index (χ1) is 2.89. The lowest BCUT2D eigenvalue weighted by Crippen LogP contribution is -1.90. The maximum Gasteiger partial charge on any atom is 0.107 e. The van der Waals surface area contributed by atoms with Crippen molar-refractivity contribution in [2.24, 2.45) is 15.4 Å². The van der Waals surface area contributed by atoms with Crippen LogP contribution in [0.1, 0.15) is 6.92 Å². The van der Waals surface area contributed by atoms with Crippen LogP contribution in [0.2, 0.25) is 0 Å². The van der Waals surface area contributed by atoms with Crippen LogP contribution in [0.25, 0.3) is 0 Å². The van der Waals surface area contributed by atoms with Crippen molar-refractivity contribution in [1.29, 1.82) is 0 Å². The van der Waals surface area contributed by atoms with E-state index < -0.39 is 0 Å². The van der Waals surface area contributed by atoms with Gasteiger partial charge in [0, 0.05) is 0 Å². The minimum atomic E-state index is 0.213. The second-order valence-electron chi connectivity index (χ2n) is 1.21. The third kappa shape index (κ3) is 0.429. The smallest absolute Gasteiger partial charge is 0.107 e. The maximum absolute atomic E-state index is 3.64. The van der Waals surface area contributed by atoms with E-state index in [-0.39, 0.29) is 6.04 Å². The van der Waals surface area contributed by atoms with Crippen LogP contribution in [0.15, 0.2) is 15.4 Å². The molecule has 0 aliphatic carbocycles. The molecular weight excluding hydrogens is 78.1 g/mol. The van der Waals surface area contributed by atoms with E-state index in [2.05, 4.69) is 15.4 Å². The van der Waals surface area contributed by atoms with Crippen molar-refractivity contribution < 1.29 is 0 Å². The summed E-state index contributed by atoms with van der Waals surface area (Å²) >= 11 is 0. The van der Waals surface area contributed by atoms with Gasteiger partial charge in [-0.2, -0.15) is 5.11 Å². The van der Waals surface area contributed by atoms with Crippen molar-refractivity contribution in [2.75, 3.05) is 0 Å². The first kappa shape index (κ1) is 3.46. The molecule has 0 bridgehead atoms. The first-order valence-corrected chi connectivity index (χ1v) is 1.83. The Hall–Kier alpha value is -0.730. The Morgan fingerprint density at radius 2 is 2.50 bits per heavy atom. The third-order valence-electron chi connectivity index (χ3n) is 0.568. The van der Waals surface area contributed by atoms with Gasteiger partial charge in [-0.15, -0.1) is 5.10 Å². The Labute approximate surface area is 35.8 Å². The van der Waals surface area contributed by atoms with E-state index in [9.17, 15) is 0 Å². The molecule has 0 saturated carbocycles. The molecule has 0 amide bonds. The molecule has 1 atom stereocenters. The van der Waals surface area contributed by atoms with Gasteiger partial charge in [0.15, 0.2) is 0 Å². The van der Waals surface area contributed by atoms with Gasteiger partial charge in [-0.3, -0.25) is 0 Å². The maximum atomic E-state index is 3.64. The first-order valence-electron chi connectivity index (χ1n) is 1.83. The summed E-state index contributed by atoms with van der Waals surface area (Å²) in [5.41, 5.74) is 0. The van der Waals surface area contributed by atoms with Crippen LogP contribution in [-0.2, 0) is 0 Å². The van der Waals surface area contributed by atoms with Crippen molar-refractivity contribution in [3.05, 3.63) is 0 Å². The van der Waals surface area contributed by atoms with E-state index in [1.165, 1.54) is 0 Å². The molecule has 1 aliphatic heterocycles. The lowest BCUT2D eigenvalue weighted by atomic mass is 10.4. The quantitative estimate of drug-likeness (QED) is 0.416. The fraction of sp³-hybridized carbons (Fsp3) is 0.667. The molecule has 1 unspecified atom stereocenters. The summed E-state index contributed by atoms with van der Waals surface area (Å²) in [4.78, 5) is 0. The van der Waals surface area contributed by atoms with Crippen LogP contribution in [0.3, 0.4) is 0 Å². The second kappa shape index (κ2) is 1.16. The standard InChI is InChI=1S/C3H5N3/c1-3-2-4-6-5-3/h2-3H,1H3. The lowest BCUT2D eigenvalue weighted by Gasteiger charge is -1.78. The monoisotopic (exact) mass is 83.0 g/mol. The van der Waals surface area contributed by atoms with Crippen molar-refractivity contribution in [3.63, 3.8) is 0 Å². The van der Waals surface area contributed by atoms with E-state index in [0.717, 1.165) is 0 Å². The Bertz CT molecular complexity index is 82.2. The Morgan fingerprint density at radius 1 is 1.67 bits per heavy atom. The van der Waals surface area contributed by atoms with E-state index in [4.69, 9.17) is 0 Å². The highest BCUT2D eigenvalue weighted by molar-refractivity contribution is 5.64. The molecule has 1 heterocycles. The number of hydrogen-bond donors (Lipinski definition) is 0. The molecule has 1 aliphatic rings. The Morgan fingerprint density at radius 3 is 2.67 bits per heavy atom. The summed E-state index contributed by atoms with van der Waals surface area (Å²) in [5.74, 6) is 0. The lowest BCUT2D eigenvalue weighted by molar-refractivity contribution is 0.918. The second-order valence-corrected chi connectivity index (χ2v) is 1.21. The zero-order valence-electron chi connectivity index (χ0n) is 3.50. The van der Waals surface area contributed by atoms with Crippen LogP contribution in [0.5, 0.6) is 0 Å². The van der Waals surface area contributed by atoms with Crippen molar-refractivity contribution in [3.8, 4) is 0 Å². The molecule has 0 radical (unpaired) electrons. The van der Waals surface area contributed by atoms with Gasteiger partial charge in [-0.05, 0) is 12.1 Å². The normalized spacial score (nSPS) is 29.2. The molecule has 0 aromatic rings. The summed E-state index contributed by atoms with van der Waals surface area (Å²) < 4.78 is 0. The molecule has 0 saturated heterocycles. The largest absolute Gasteiger partial charge is 0.160 e. The van der Waals surface area contributed by atoms with Crippen molar-refractivity contribution in [2.45, 2.75) is 13.0 Å². The molecule has 0 N–H and O–H groups in total. The predicted octanol–water partition coefficient (Wildman–Crippen LogP) is 0.827. The molecule has 0 aromatic carbocycles. The molecule has 32 valence electrons. The summed E-state index contributed by atoms with van der Waals surface area (Å²) in [5, 5.41) is 10.5. The number of hydrogen-bond acceptors (Lipinski definition) is 3. The average Bonchev–Trinajstić information content (AvgIpc) is 1.86. The van der Waals surface area contributed by atoms with Crippen molar-refractivity contribution in [1.82, 2.24) is 0 Å². The summed E-state index contributed by atoms with van der Waals surface area (Å²) in [7, 11) is 0. The van der Waals surface area contributed by atoms with Gasteiger partial charge < -0.3 is 0 Å². The van der Waals surface area contributed by atoms with Crippen LogP contribution in [-0.4, -0.2) is 12.3 Å². The van der Waals surface area contributed by atoms with Gasteiger partial charge in [-0.25, -0.2) is 0 Å². The van der Waals surface area contributed by atoms with Gasteiger partial charge >= 0.3 is 0 Å². The molecule has 6 heavy (non-hydrogen) atoms. The van der Waals surface area contributed by atoms with E-state index in [0.29, 0.717) is 0 Å². The molecule has 3 nitrogen and oxygen atoms in total. The summed E-state index contributed by atoms with van der Waals surface area (Å²) in [6.45, 7) is 1.93. The fourth-order valence-electron chi connectivity index (χ4n) is 0.267. The minimum absolute atomic E-state index is 0.213. The molecule has 0 fully saturated rings. The van der Waals surface area contributed by atoms with Gasteiger partial charge in [0.25, 0.3) is 0 Å². The molecule has 1 rings (SSSR count). The zero-order valence-corrected chi connectivity index (χ0v) is 3.50. The van der Waals surface area contributed by atoms with Gasteiger partial charge in [0.05, 0.1) is 6.21 Å². The SMILES string of the molecule is CC1C=NN=N1. The van der Waals surface area contributed by atoms with Crippen LogP contribution < -0.4 is 0 Å². The van der Waals surface area contributed by atoms with E-state index in [1.807, 2.05) is 6.92 Å². The Kier molecular flexibility index (Phi) is 0.670. The van der Waals surface area contributed by atoms with E-state index >= 15 is 0 Å². The fourth-order valence-corrected chi connectivity index (χ4v) is 0.267. The Balaban J connectivity index is 2.60. The summed E-state index contributed by atoms with van der Waals surface area (Å²) in [6, 6.07) is 0.213. The van der Waals surface area contributed by atoms with Crippen LogP contribution in [0, 0.1) is 0 Å². The molecular formula is C3H5N3. The zero-order chi connectivity index (χ0) is 4.41. The van der Waals surface area contributed by atoms with Gasteiger partial charge in [0.2, 0.25) is 0 Å². The number of nitrogens with zero attached hydrogens (tertiary/aromatic N) is 3. The number of rotatable bonds is 0. The highest BCUT2D eigenvalue weighted by Gasteiger charge is 1.94. The molecule has 3 heteroatoms. The van der Waals surface area contributed by atoms with Crippen LogP contribution in [0.4, 0.5) is 0 Å². The van der Waals surface area contributed by atoms with Crippen molar-refractivity contribution >= 4 is 6.21 Å². The molecule has 0 aromatic heterocycles.